The average molecular weight is 307 g/mol. The Bertz CT molecular complexity index is 788. The molecule has 0 fully saturated rings. The van der Waals surface area contributed by atoms with Crippen LogP contribution in [0.5, 0.6) is 0 Å². The monoisotopic (exact) mass is 307 g/mol. The number of hydrogen-bond donors (Lipinski definition) is 1. The second-order valence-corrected chi connectivity index (χ2v) is 6.15. The number of anilines is 1. The van der Waals surface area contributed by atoms with Crippen LogP contribution in [-0.4, -0.2) is 15.5 Å². The van der Waals surface area contributed by atoms with Crippen molar-refractivity contribution in [3.8, 4) is 0 Å². The standard InChI is InChI=1S/C19H21N3O/c1-14(2)13-17(22-11-3-4-12-22)19(23)21-16-9-5-7-15-8-6-10-20-18(15)16/h3-12,14,17H,13H2,1-2H3,(H,21,23). The molecular weight excluding hydrogens is 286 g/mol. The molecule has 0 spiro atoms. The Balaban J connectivity index is 1.89. The van der Waals surface area contributed by atoms with E-state index >= 15 is 0 Å². The third-order valence-corrected chi connectivity index (χ3v) is 3.88. The lowest BCUT2D eigenvalue weighted by atomic mass is 10.0. The summed E-state index contributed by atoms with van der Waals surface area (Å²) in [6.07, 6.45) is 6.41. The lowest BCUT2D eigenvalue weighted by Crippen LogP contribution is -2.26. The number of amides is 1. The van der Waals surface area contributed by atoms with Gasteiger partial charge in [-0.25, -0.2) is 0 Å². The zero-order valence-electron chi connectivity index (χ0n) is 13.4. The number of benzene rings is 1. The fourth-order valence-electron chi connectivity index (χ4n) is 2.79. The van der Waals surface area contributed by atoms with E-state index in [9.17, 15) is 4.79 Å². The van der Waals surface area contributed by atoms with Gasteiger partial charge in [-0.15, -0.1) is 0 Å². The van der Waals surface area contributed by atoms with Crippen molar-refractivity contribution < 1.29 is 4.79 Å². The molecule has 1 atom stereocenters. The van der Waals surface area contributed by atoms with Crippen LogP contribution in [-0.2, 0) is 4.79 Å². The van der Waals surface area contributed by atoms with Gasteiger partial charge in [0.2, 0.25) is 5.91 Å². The first kappa shape index (κ1) is 15.3. The molecule has 0 aliphatic heterocycles. The third-order valence-electron chi connectivity index (χ3n) is 3.88. The molecule has 1 N–H and O–H groups in total. The summed E-state index contributed by atoms with van der Waals surface area (Å²) in [6.45, 7) is 4.26. The highest BCUT2D eigenvalue weighted by Crippen LogP contribution is 2.24. The molecule has 1 unspecified atom stereocenters. The van der Waals surface area contributed by atoms with E-state index in [0.29, 0.717) is 5.92 Å². The minimum Gasteiger partial charge on any atom is -0.342 e. The van der Waals surface area contributed by atoms with E-state index in [0.717, 1.165) is 23.0 Å². The van der Waals surface area contributed by atoms with Gasteiger partial charge in [-0.1, -0.05) is 32.0 Å². The van der Waals surface area contributed by atoms with E-state index < -0.39 is 0 Å². The number of nitrogens with one attached hydrogen (secondary N) is 1. The Kier molecular flexibility index (Phi) is 4.42. The fourth-order valence-corrected chi connectivity index (χ4v) is 2.79. The Morgan fingerprint density at radius 1 is 1.13 bits per heavy atom. The maximum atomic E-state index is 12.8. The van der Waals surface area contributed by atoms with Crippen LogP contribution in [0.25, 0.3) is 10.9 Å². The summed E-state index contributed by atoms with van der Waals surface area (Å²) in [5, 5.41) is 4.08. The van der Waals surface area contributed by atoms with Crippen LogP contribution in [0.4, 0.5) is 5.69 Å². The van der Waals surface area contributed by atoms with Crippen molar-refractivity contribution in [1.82, 2.24) is 9.55 Å². The van der Waals surface area contributed by atoms with Crippen LogP contribution in [0, 0.1) is 5.92 Å². The van der Waals surface area contributed by atoms with Crippen molar-refractivity contribution in [2.24, 2.45) is 5.92 Å². The fraction of sp³-hybridized carbons (Fsp3) is 0.263. The largest absolute Gasteiger partial charge is 0.342 e. The zero-order chi connectivity index (χ0) is 16.2. The predicted molar refractivity (Wildman–Crippen MR) is 93.3 cm³/mol. The number of para-hydroxylation sites is 1. The normalized spacial score (nSPS) is 12.5. The minimum absolute atomic E-state index is 0.00643. The van der Waals surface area contributed by atoms with Crippen molar-refractivity contribution in [3.63, 3.8) is 0 Å². The number of nitrogens with zero attached hydrogens (tertiary/aromatic N) is 2. The highest BCUT2D eigenvalue weighted by atomic mass is 16.2. The highest BCUT2D eigenvalue weighted by Gasteiger charge is 2.21. The molecule has 1 aromatic carbocycles. The molecule has 3 rings (SSSR count). The Morgan fingerprint density at radius 2 is 1.87 bits per heavy atom. The van der Waals surface area contributed by atoms with Crippen molar-refractivity contribution >= 4 is 22.5 Å². The van der Waals surface area contributed by atoms with Gasteiger partial charge in [-0.3, -0.25) is 9.78 Å². The molecule has 2 aromatic heterocycles. The summed E-state index contributed by atoms with van der Waals surface area (Å²) < 4.78 is 1.97. The maximum Gasteiger partial charge on any atom is 0.247 e. The van der Waals surface area contributed by atoms with Gasteiger partial charge in [0.1, 0.15) is 6.04 Å². The molecule has 0 saturated heterocycles. The molecule has 0 bridgehead atoms. The summed E-state index contributed by atoms with van der Waals surface area (Å²) in [5.74, 6) is 0.423. The second kappa shape index (κ2) is 6.65. The first-order valence-electron chi connectivity index (χ1n) is 7.92. The number of fused-ring (bicyclic) bond motifs is 1. The van der Waals surface area contributed by atoms with Crippen LogP contribution < -0.4 is 5.32 Å². The number of rotatable bonds is 5. The van der Waals surface area contributed by atoms with Crippen molar-refractivity contribution in [3.05, 3.63) is 61.1 Å². The van der Waals surface area contributed by atoms with Crippen LogP contribution in [0.3, 0.4) is 0 Å². The molecular formula is C19H21N3O. The summed E-state index contributed by atoms with van der Waals surface area (Å²) in [5.41, 5.74) is 1.58. The second-order valence-electron chi connectivity index (χ2n) is 6.15. The topological polar surface area (TPSA) is 46.9 Å². The molecule has 4 nitrogen and oxygen atoms in total. The van der Waals surface area contributed by atoms with Gasteiger partial charge in [-0.05, 0) is 36.6 Å². The quantitative estimate of drug-likeness (QED) is 0.765. The van der Waals surface area contributed by atoms with Crippen LogP contribution >= 0.6 is 0 Å². The van der Waals surface area contributed by atoms with Gasteiger partial charge in [0.25, 0.3) is 0 Å². The lowest BCUT2D eigenvalue weighted by Gasteiger charge is -2.20. The molecule has 0 aliphatic carbocycles. The number of pyridine rings is 1. The van der Waals surface area contributed by atoms with E-state index in [4.69, 9.17) is 0 Å². The Morgan fingerprint density at radius 3 is 2.61 bits per heavy atom. The van der Waals surface area contributed by atoms with Crippen molar-refractivity contribution in [2.75, 3.05) is 5.32 Å². The van der Waals surface area contributed by atoms with Crippen LogP contribution in [0.15, 0.2) is 61.1 Å². The summed E-state index contributed by atoms with van der Waals surface area (Å²) in [4.78, 5) is 17.2. The molecule has 118 valence electrons. The van der Waals surface area contributed by atoms with Crippen LogP contribution in [0.1, 0.15) is 26.3 Å². The van der Waals surface area contributed by atoms with Gasteiger partial charge in [0, 0.05) is 24.0 Å². The molecule has 0 aliphatic rings. The Hall–Kier alpha value is -2.62. The molecule has 3 aromatic rings. The minimum atomic E-state index is -0.219. The van der Waals surface area contributed by atoms with Gasteiger partial charge in [-0.2, -0.15) is 0 Å². The highest BCUT2D eigenvalue weighted by molar-refractivity contribution is 6.01. The Labute approximate surface area is 136 Å². The summed E-state index contributed by atoms with van der Waals surface area (Å²) >= 11 is 0. The zero-order valence-corrected chi connectivity index (χ0v) is 13.4. The van der Waals surface area contributed by atoms with Crippen molar-refractivity contribution in [1.29, 1.82) is 0 Å². The maximum absolute atomic E-state index is 12.8. The van der Waals surface area contributed by atoms with E-state index in [-0.39, 0.29) is 11.9 Å². The van der Waals surface area contributed by atoms with Gasteiger partial charge in [0.05, 0.1) is 11.2 Å². The van der Waals surface area contributed by atoms with E-state index in [1.54, 1.807) is 6.20 Å². The SMILES string of the molecule is CC(C)CC(C(=O)Nc1cccc2cccnc12)n1cccc1. The smallest absolute Gasteiger partial charge is 0.247 e. The predicted octanol–water partition coefficient (Wildman–Crippen LogP) is 4.26. The third kappa shape index (κ3) is 3.42. The first-order chi connectivity index (χ1) is 11.1. The lowest BCUT2D eigenvalue weighted by molar-refractivity contribution is -0.119. The van der Waals surface area contributed by atoms with E-state index in [2.05, 4.69) is 24.1 Å². The molecule has 23 heavy (non-hydrogen) atoms. The van der Waals surface area contributed by atoms with Gasteiger partial charge < -0.3 is 9.88 Å². The average Bonchev–Trinajstić information content (AvgIpc) is 3.07. The number of hydrogen-bond acceptors (Lipinski definition) is 2. The first-order valence-corrected chi connectivity index (χ1v) is 7.92. The molecule has 2 heterocycles. The number of carbonyl (C=O) groups is 1. The number of carbonyl (C=O) groups excluding carboxylic acids is 1. The molecule has 0 radical (unpaired) electrons. The van der Waals surface area contributed by atoms with Crippen molar-refractivity contribution in [2.45, 2.75) is 26.3 Å². The number of aromatic nitrogens is 2. The van der Waals surface area contributed by atoms with Gasteiger partial charge >= 0.3 is 0 Å². The van der Waals surface area contributed by atoms with E-state index in [1.807, 2.05) is 59.4 Å². The summed E-state index contributed by atoms with van der Waals surface area (Å²) in [7, 11) is 0. The molecule has 1 amide bonds. The van der Waals surface area contributed by atoms with E-state index in [1.165, 1.54) is 0 Å². The molecule has 4 heteroatoms. The molecule has 0 saturated carbocycles. The summed E-state index contributed by atoms with van der Waals surface area (Å²) in [6, 6.07) is 13.4. The van der Waals surface area contributed by atoms with Crippen LogP contribution in [0.2, 0.25) is 0 Å². The van der Waals surface area contributed by atoms with Gasteiger partial charge in [0.15, 0.2) is 0 Å².